The van der Waals surface area contributed by atoms with E-state index in [1.165, 1.54) is 0 Å². The molecule has 0 saturated carbocycles. The van der Waals surface area contributed by atoms with E-state index in [1.54, 1.807) is 14.2 Å². The standard InChI is InChI=1S/C16H20O4Si/c1-17-21(18-2,13-15-9-5-3-6-10-15)20-14-19-16-11-7-4-8-12-16/h3-12H,13-14H2,1-2H3. The number of rotatable bonds is 8. The highest BCUT2D eigenvalue weighted by atomic mass is 28.4. The zero-order valence-corrected chi connectivity index (χ0v) is 13.3. The van der Waals surface area contributed by atoms with E-state index in [2.05, 4.69) is 0 Å². The van der Waals surface area contributed by atoms with Gasteiger partial charge in [-0.05, 0) is 17.7 Å². The molecule has 0 aromatic heterocycles. The molecule has 0 atom stereocenters. The van der Waals surface area contributed by atoms with E-state index in [0.717, 1.165) is 11.3 Å². The largest absolute Gasteiger partial charge is 0.507 e. The molecule has 0 aliphatic heterocycles. The van der Waals surface area contributed by atoms with Crippen LogP contribution in [0.5, 0.6) is 5.75 Å². The minimum atomic E-state index is -2.76. The normalized spacial score (nSPS) is 11.3. The molecule has 0 radical (unpaired) electrons. The Bertz CT molecular complexity index is 514. The molecule has 0 saturated heterocycles. The van der Waals surface area contributed by atoms with Crippen LogP contribution in [0.15, 0.2) is 60.7 Å². The van der Waals surface area contributed by atoms with Crippen molar-refractivity contribution in [3.05, 3.63) is 66.2 Å². The third-order valence-electron chi connectivity index (χ3n) is 3.13. The van der Waals surface area contributed by atoms with Crippen LogP contribution in [0.3, 0.4) is 0 Å². The van der Waals surface area contributed by atoms with E-state index < -0.39 is 8.80 Å². The Labute approximate surface area is 126 Å². The van der Waals surface area contributed by atoms with Crippen LogP contribution >= 0.6 is 0 Å². The summed E-state index contributed by atoms with van der Waals surface area (Å²) in [6.45, 7) is 0.102. The zero-order valence-electron chi connectivity index (χ0n) is 12.3. The van der Waals surface area contributed by atoms with E-state index in [1.807, 2.05) is 60.7 Å². The molecule has 2 aromatic carbocycles. The highest BCUT2D eigenvalue weighted by Crippen LogP contribution is 2.16. The summed E-state index contributed by atoms with van der Waals surface area (Å²) in [4.78, 5) is 0. The Kier molecular flexibility index (Phi) is 5.95. The van der Waals surface area contributed by atoms with Crippen LogP contribution in [0.1, 0.15) is 5.56 Å². The molecule has 0 N–H and O–H groups in total. The van der Waals surface area contributed by atoms with Crippen molar-refractivity contribution in [2.75, 3.05) is 21.0 Å². The number of hydrogen-bond donors (Lipinski definition) is 0. The quantitative estimate of drug-likeness (QED) is 0.555. The average Bonchev–Trinajstić information content (AvgIpc) is 2.56. The lowest BCUT2D eigenvalue weighted by molar-refractivity contribution is 0.0270. The van der Waals surface area contributed by atoms with Gasteiger partial charge in [0.05, 0.1) is 0 Å². The van der Waals surface area contributed by atoms with E-state index in [-0.39, 0.29) is 6.79 Å². The first-order valence-electron chi connectivity index (χ1n) is 6.74. The lowest BCUT2D eigenvalue weighted by Gasteiger charge is -2.26. The second-order valence-electron chi connectivity index (χ2n) is 4.47. The van der Waals surface area contributed by atoms with Crippen molar-refractivity contribution in [3.63, 3.8) is 0 Å². The Morgan fingerprint density at radius 2 is 1.38 bits per heavy atom. The van der Waals surface area contributed by atoms with Crippen molar-refractivity contribution in [2.24, 2.45) is 0 Å². The summed E-state index contributed by atoms with van der Waals surface area (Å²) in [6, 6.07) is 20.1. The number of para-hydroxylation sites is 1. The number of benzene rings is 2. The topological polar surface area (TPSA) is 36.9 Å². The molecule has 0 spiro atoms. The van der Waals surface area contributed by atoms with Crippen molar-refractivity contribution in [2.45, 2.75) is 6.04 Å². The van der Waals surface area contributed by atoms with Crippen LogP contribution < -0.4 is 4.74 Å². The van der Waals surface area contributed by atoms with Gasteiger partial charge < -0.3 is 18.0 Å². The van der Waals surface area contributed by atoms with Gasteiger partial charge >= 0.3 is 8.80 Å². The maximum Gasteiger partial charge on any atom is 0.507 e. The van der Waals surface area contributed by atoms with Gasteiger partial charge in [0.1, 0.15) is 5.75 Å². The molecule has 0 unspecified atom stereocenters. The van der Waals surface area contributed by atoms with Crippen LogP contribution in [0.25, 0.3) is 0 Å². The minimum Gasteiger partial charge on any atom is -0.468 e. The van der Waals surface area contributed by atoms with Crippen molar-refractivity contribution in [1.82, 2.24) is 0 Å². The molecular formula is C16H20O4Si. The summed E-state index contributed by atoms with van der Waals surface area (Å²) in [5.41, 5.74) is 1.12. The van der Waals surface area contributed by atoms with Gasteiger partial charge in [0.15, 0.2) is 6.79 Å². The smallest absolute Gasteiger partial charge is 0.468 e. The molecule has 0 heterocycles. The highest BCUT2D eigenvalue weighted by Gasteiger charge is 2.39. The molecule has 2 rings (SSSR count). The zero-order chi connectivity index (χ0) is 15.0. The van der Waals surface area contributed by atoms with E-state index >= 15 is 0 Å². The molecule has 0 amide bonds. The first-order chi connectivity index (χ1) is 10.3. The molecule has 2 aromatic rings. The van der Waals surface area contributed by atoms with Gasteiger partial charge in [-0.2, -0.15) is 0 Å². The van der Waals surface area contributed by atoms with Crippen molar-refractivity contribution < 1.29 is 18.0 Å². The monoisotopic (exact) mass is 304 g/mol. The molecule has 0 aliphatic carbocycles. The summed E-state index contributed by atoms with van der Waals surface area (Å²) >= 11 is 0. The first-order valence-corrected chi connectivity index (χ1v) is 8.67. The predicted molar refractivity (Wildman–Crippen MR) is 82.9 cm³/mol. The highest BCUT2D eigenvalue weighted by molar-refractivity contribution is 6.60. The molecule has 0 aliphatic rings. The Morgan fingerprint density at radius 3 is 1.95 bits per heavy atom. The maximum atomic E-state index is 5.81. The molecular weight excluding hydrogens is 284 g/mol. The third-order valence-corrected chi connectivity index (χ3v) is 5.78. The van der Waals surface area contributed by atoms with Crippen LogP contribution in [0.4, 0.5) is 0 Å². The van der Waals surface area contributed by atoms with Crippen molar-refractivity contribution >= 4 is 8.80 Å². The first kappa shape index (κ1) is 15.7. The lowest BCUT2D eigenvalue weighted by Crippen LogP contribution is -2.47. The van der Waals surface area contributed by atoms with Gasteiger partial charge in [-0.3, -0.25) is 0 Å². The second kappa shape index (κ2) is 7.95. The van der Waals surface area contributed by atoms with E-state index in [9.17, 15) is 0 Å². The molecule has 4 nitrogen and oxygen atoms in total. The van der Waals surface area contributed by atoms with Gasteiger partial charge in [0.2, 0.25) is 0 Å². The predicted octanol–water partition coefficient (Wildman–Crippen LogP) is 3.05. The summed E-state index contributed by atoms with van der Waals surface area (Å²) < 4.78 is 22.5. The van der Waals surface area contributed by atoms with Gasteiger partial charge in [-0.1, -0.05) is 48.5 Å². The summed E-state index contributed by atoms with van der Waals surface area (Å²) in [5.74, 6) is 0.757. The van der Waals surface area contributed by atoms with Crippen molar-refractivity contribution in [1.29, 1.82) is 0 Å². The van der Waals surface area contributed by atoms with Crippen LogP contribution in [0, 0.1) is 0 Å². The Hall–Kier alpha value is -1.66. The van der Waals surface area contributed by atoms with Crippen molar-refractivity contribution in [3.8, 4) is 5.75 Å². The van der Waals surface area contributed by atoms with E-state index in [4.69, 9.17) is 18.0 Å². The average molecular weight is 304 g/mol. The Balaban J connectivity index is 1.94. The number of ether oxygens (including phenoxy) is 1. The maximum absolute atomic E-state index is 5.81. The SMILES string of the molecule is CO[Si](Cc1ccccc1)(OC)OCOc1ccccc1. The van der Waals surface area contributed by atoms with Crippen LogP contribution in [-0.4, -0.2) is 29.8 Å². The fraction of sp³-hybridized carbons (Fsp3) is 0.250. The molecule has 21 heavy (non-hydrogen) atoms. The summed E-state index contributed by atoms with van der Waals surface area (Å²) in [6.07, 6.45) is 0. The fourth-order valence-corrected chi connectivity index (χ4v) is 3.71. The van der Waals surface area contributed by atoms with Gasteiger partial charge in [-0.25, -0.2) is 0 Å². The Morgan fingerprint density at radius 1 is 0.810 bits per heavy atom. The summed E-state index contributed by atoms with van der Waals surface area (Å²) in [7, 11) is 0.461. The fourth-order valence-electron chi connectivity index (χ4n) is 1.95. The van der Waals surface area contributed by atoms with Gasteiger partial charge in [0.25, 0.3) is 0 Å². The van der Waals surface area contributed by atoms with Gasteiger partial charge in [0, 0.05) is 20.3 Å². The van der Waals surface area contributed by atoms with Crippen LogP contribution in [-0.2, 0) is 19.3 Å². The second-order valence-corrected chi connectivity index (χ2v) is 7.30. The van der Waals surface area contributed by atoms with E-state index in [0.29, 0.717) is 6.04 Å². The summed E-state index contributed by atoms with van der Waals surface area (Å²) in [5, 5.41) is 0. The molecule has 0 bridgehead atoms. The molecule has 112 valence electrons. The molecule has 5 heteroatoms. The van der Waals surface area contributed by atoms with Gasteiger partial charge in [-0.15, -0.1) is 0 Å². The minimum absolute atomic E-state index is 0.102. The van der Waals surface area contributed by atoms with Crippen LogP contribution in [0.2, 0.25) is 0 Å². The third kappa shape index (κ3) is 4.68. The number of hydrogen-bond acceptors (Lipinski definition) is 4. The lowest BCUT2D eigenvalue weighted by atomic mass is 10.2. The molecule has 0 fully saturated rings.